The second-order valence-corrected chi connectivity index (χ2v) is 5.41. The van der Waals surface area contributed by atoms with E-state index in [9.17, 15) is 0 Å². The van der Waals surface area contributed by atoms with Crippen molar-refractivity contribution in [2.24, 2.45) is 11.8 Å². The molecule has 0 heterocycles. The molecule has 0 saturated carbocycles. The molecule has 0 bridgehead atoms. The SMILES string of the molecule is CCCCCCC=CCC(C)CC(C)CC. The van der Waals surface area contributed by atoms with Crippen LogP contribution in [0.1, 0.15) is 79.1 Å². The van der Waals surface area contributed by atoms with Crippen molar-refractivity contribution in [2.75, 3.05) is 0 Å². The molecule has 0 aliphatic rings. The van der Waals surface area contributed by atoms with E-state index in [2.05, 4.69) is 39.8 Å². The Morgan fingerprint density at radius 1 is 0.875 bits per heavy atom. The number of allylic oxidation sites excluding steroid dienone is 2. The summed E-state index contributed by atoms with van der Waals surface area (Å²) in [5, 5.41) is 0. The molecule has 0 spiro atoms. The highest BCUT2D eigenvalue weighted by Gasteiger charge is 2.04. The maximum absolute atomic E-state index is 2.40. The molecule has 0 heteroatoms. The molecule has 0 aromatic heterocycles. The first-order valence-electron chi connectivity index (χ1n) is 7.35. The van der Waals surface area contributed by atoms with Crippen molar-refractivity contribution in [2.45, 2.75) is 79.1 Å². The highest BCUT2D eigenvalue weighted by atomic mass is 14.1. The van der Waals surface area contributed by atoms with E-state index in [1.165, 1.54) is 51.4 Å². The van der Waals surface area contributed by atoms with E-state index in [0.717, 1.165) is 11.8 Å². The van der Waals surface area contributed by atoms with Crippen molar-refractivity contribution in [3.05, 3.63) is 12.2 Å². The molecule has 0 fully saturated rings. The number of hydrogen-bond donors (Lipinski definition) is 0. The van der Waals surface area contributed by atoms with E-state index in [4.69, 9.17) is 0 Å². The van der Waals surface area contributed by atoms with Gasteiger partial charge < -0.3 is 0 Å². The Morgan fingerprint density at radius 2 is 1.62 bits per heavy atom. The Kier molecular flexibility index (Phi) is 11.0. The predicted octanol–water partition coefficient (Wildman–Crippen LogP) is 5.98. The number of rotatable bonds is 10. The van der Waals surface area contributed by atoms with Crippen LogP contribution in [0.25, 0.3) is 0 Å². The standard InChI is InChI=1S/C16H32/c1-5-7-8-9-10-11-12-13-16(4)14-15(3)6-2/h11-12,15-16H,5-10,13-14H2,1-4H3. The summed E-state index contributed by atoms with van der Waals surface area (Å²) in [6.07, 6.45) is 15.6. The monoisotopic (exact) mass is 224 g/mol. The van der Waals surface area contributed by atoms with Crippen LogP contribution >= 0.6 is 0 Å². The van der Waals surface area contributed by atoms with E-state index in [1.807, 2.05) is 0 Å². The summed E-state index contributed by atoms with van der Waals surface area (Å²) < 4.78 is 0. The fraction of sp³-hybridized carbons (Fsp3) is 0.875. The van der Waals surface area contributed by atoms with Crippen LogP contribution < -0.4 is 0 Å². The van der Waals surface area contributed by atoms with Gasteiger partial charge in [-0.3, -0.25) is 0 Å². The normalized spacial score (nSPS) is 15.5. The van der Waals surface area contributed by atoms with Crippen molar-refractivity contribution in [1.82, 2.24) is 0 Å². The van der Waals surface area contributed by atoms with Crippen molar-refractivity contribution in [3.8, 4) is 0 Å². The molecule has 0 nitrogen and oxygen atoms in total. The van der Waals surface area contributed by atoms with Gasteiger partial charge in [-0.15, -0.1) is 0 Å². The van der Waals surface area contributed by atoms with Crippen molar-refractivity contribution in [1.29, 1.82) is 0 Å². The first-order chi connectivity index (χ1) is 7.70. The van der Waals surface area contributed by atoms with Gasteiger partial charge in [0, 0.05) is 0 Å². The summed E-state index contributed by atoms with van der Waals surface area (Å²) >= 11 is 0. The van der Waals surface area contributed by atoms with Crippen LogP contribution in [0.4, 0.5) is 0 Å². The number of unbranched alkanes of at least 4 members (excludes halogenated alkanes) is 4. The van der Waals surface area contributed by atoms with Crippen LogP contribution in [0.3, 0.4) is 0 Å². The molecule has 0 aromatic rings. The molecule has 0 saturated heterocycles. The van der Waals surface area contributed by atoms with Gasteiger partial charge in [0.2, 0.25) is 0 Å². The fourth-order valence-electron chi connectivity index (χ4n) is 2.09. The summed E-state index contributed by atoms with van der Waals surface area (Å²) in [5.41, 5.74) is 0. The Bertz CT molecular complexity index is 157. The zero-order valence-electron chi connectivity index (χ0n) is 12.0. The molecule has 0 radical (unpaired) electrons. The fourth-order valence-corrected chi connectivity index (χ4v) is 2.09. The minimum Gasteiger partial charge on any atom is -0.0885 e. The average Bonchev–Trinajstić information content (AvgIpc) is 2.27. The van der Waals surface area contributed by atoms with Crippen LogP contribution in [0.5, 0.6) is 0 Å². The zero-order valence-corrected chi connectivity index (χ0v) is 12.0. The smallest absolute Gasteiger partial charge is 0.0325 e. The minimum atomic E-state index is 0.863. The van der Waals surface area contributed by atoms with Crippen molar-refractivity contribution >= 4 is 0 Å². The second-order valence-electron chi connectivity index (χ2n) is 5.41. The van der Waals surface area contributed by atoms with Gasteiger partial charge in [0.15, 0.2) is 0 Å². The van der Waals surface area contributed by atoms with Crippen LogP contribution in [-0.2, 0) is 0 Å². The second kappa shape index (κ2) is 11.2. The number of hydrogen-bond acceptors (Lipinski definition) is 0. The lowest BCUT2D eigenvalue weighted by atomic mass is 9.93. The summed E-state index contributed by atoms with van der Waals surface area (Å²) in [6.45, 7) is 9.31. The minimum absolute atomic E-state index is 0.863. The van der Waals surface area contributed by atoms with Gasteiger partial charge in [0.25, 0.3) is 0 Å². The van der Waals surface area contributed by atoms with E-state index in [0.29, 0.717) is 0 Å². The third-order valence-corrected chi connectivity index (χ3v) is 3.43. The lowest BCUT2D eigenvalue weighted by Gasteiger charge is -2.13. The third-order valence-electron chi connectivity index (χ3n) is 3.43. The van der Waals surface area contributed by atoms with E-state index in [1.54, 1.807) is 0 Å². The first-order valence-corrected chi connectivity index (χ1v) is 7.35. The molecule has 0 N–H and O–H groups in total. The zero-order chi connectivity index (χ0) is 12.2. The molecule has 0 aliphatic carbocycles. The van der Waals surface area contributed by atoms with Gasteiger partial charge in [-0.25, -0.2) is 0 Å². The first kappa shape index (κ1) is 15.7. The molecule has 0 rings (SSSR count). The molecular formula is C16H32. The maximum atomic E-state index is 2.40. The van der Waals surface area contributed by atoms with Gasteiger partial charge in [0.05, 0.1) is 0 Å². The third kappa shape index (κ3) is 10.3. The van der Waals surface area contributed by atoms with Crippen LogP contribution in [0.2, 0.25) is 0 Å². The molecule has 96 valence electrons. The van der Waals surface area contributed by atoms with Crippen LogP contribution in [0, 0.1) is 11.8 Å². The Morgan fingerprint density at radius 3 is 2.25 bits per heavy atom. The summed E-state index contributed by atoms with van der Waals surface area (Å²) in [6, 6.07) is 0. The Balaban J connectivity index is 3.37. The summed E-state index contributed by atoms with van der Waals surface area (Å²) in [7, 11) is 0. The molecule has 2 unspecified atom stereocenters. The molecule has 16 heavy (non-hydrogen) atoms. The van der Waals surface area contributed by atoms with E-state index < -0.39 is 0 Å². The van der Waals surface area contributed by atoms with E-state index in [-0.39, 0.29) is 0 Å². The molecule has 0 aromatic carbocycles. The lowest BCUT2D eigenvalue weighted by Crippen LogP contribution is -2.00. The highest BCUT2D eigenvalue weighted by Crippen LogP contribution is 2.18. The topological polar surface area (TPSA) is 0 Å². The average molecular weight is 224 g/mol. The Hall–Kier alpha value is -0.260. The van der Waals surface area contributed by atoms with Gasteiger partial charge in [-0.1, -0.05) is 65.5 Å². The summed E-state index contributed by atoms with van der Waals surface area (Å²) in [5.74, 6) is 1.76. The van der Waals surface area contributed by atoms with Gasteiger partial charge >= 0.3 is 0 Å². The van der Waals surface area contributed by atoms with Gasteiger partial charge in [-0.05, 0) is 37.5 Å². The molecule has 0 amide bonds. The Labute approximate surface area is 104 Å². The van der Waals surface area contributed by atoms with Crippen molar-refractivity contribution in [3.63, 3.8) is 0 Å². The van der Waals surface area contributed by atoms with E-state index >= 15 is 0 Å². The lowest BCUT2D eigenvalue weighted by molar-refractivity contribution is 0.408. The maximum Gasteiger partial charge on any atom is -0.0325 e. The predicted molar refractivity (Wildman–Crippen MR) is 75.8 cm³/mol. The molecule has 2 atom stereocenters. The van der Waals surface area contributed by atoms with Gasteiger partial charge in [0.1, 0.15) is 0 Å². The molecule has 0 aliphatic heterocycles. The largest absolute Gasteiger partial charge is 0.0885 e. The van der Waals surface area contributed by atoms with Crippen LogP contribution in [0.15, 0.2) is 12.2 Å². The van der Waals surface area contributed by atoms with Crippen LogP contribution in [-0.4, -0.2) is 0 Å². The summed E-state index contributed by atoms with van der Waals surface area (Å²) in [4.78, 5) is 0. The highest BCUT2D eigenvalue weighted by molar-refractivity contribution is 4.83. The molecular weight excluding hydrogens is 192 g/mol. The van der Waals surface area contributed by atoms with Crippen molar-refractivity contribution < 1.29 is 0 Å². The quantitative estimate of drug-likeness (QED) is 0.316. The van der Waals surface area contributed by atoms with Gasteiger partial charge in [-0.2, -0.15) is 0 Å².